The normalized spacial score (nSPS) is 11.6. The summed E-state index contributed by atoms with van der Waals surface area (Å²) in [4.78, 5) is 6.84. The molecule has 26 heavy (non-hydrogen) atoms. The van der Waals surface area contributed by atoms with E-state index in [-0.39, 0.29) is 0 Å². The number of halogens is 2. The molecule has 4 heteroatoms. The minimum absolute atomic E-state index is 0.518. The van der Waals surface area contributed by atoms with Crippen molar-refractivity contribution in [1.29, 1.82) is 0 Å². The van der Waals surface area contributed by atoms with Crippen molar-refractivity contribution >= 4 is 11.3 Å². The van der Waals surface area contributed by atoms with Crippen molar-refractivity contribution in [2.45, 2.75) is 40.0 Å². The molecular weight excluding hydrogens is 348 g/mol. The van der Waals surface area contributed by atoms with Crippen LogP contribution in [-0.4, -0.2) is 4.98 Å². The molecule has 0 bridgehead atoms. The van der Waals surface area contributed by atoms with Crippen LogP contribution in [0.3, 0.4) is 0 Å². The number of aryl methyl sites for hydroxylation is 1. The Hall–Kier alpha value is -2.07. The van der Waals surface area contributed by atoms with Crippen LogP contribution in [0.4, 0.5) is 8.78 Å². The summed E-state index contributed by atoms with van der Waals surface area (Å²) in [5, 5.41) is 0. The van der Waals surface area contributed by atoms with Crippen molar-refractivity contribution in [3.05, 3.63) is 76.9 Å². The van der Waals surface area contributed by atoms with E-state index in [0.717, 1.165) is 24.8 Å². The van der Waals surface area contributed by atoms with Gasteiger partial charge in [-0.3, -0.25) is 4.98 Å². The number of hydrogen-bond acceptors (Lipinski definition) is 2. The van der Waals surface area contributed by atoms with Gasteiger partial charge in [-0.1, -0.05) is 39.3 Å². The number of aromatic nitrogens is 1. The third-order valence-corrected chi connectivity index (χ3v) is 5.50. The Morgan fingerprint density at radius 1 is 1.04 bits per heavy atom. The zero-order valence-electron chi connectivity index (χ0n) is 15.5. The van der Waals surface area contributed by atoms with Crippen molar-refractivity contribution in [3.63, 3.8) is 0 Å². The molecule has 0 radical (unpaired) electrons. The molecular formula is C22H25F2NS. The van der Waals surface area contributed by atoms with Gasteiger partial charge in [0, 0.05) is 27.7 Å². The maximum Gasteiger partial charge on any atom is 0.159 e. The van der Waals surface area contributed by atoms with Crippen LogP contribution in [0.25, 0.3) is 10.4 Å². The van der Waals surface area contributed by atoms with E-state index in [4.69, 9.17) is 0 Å². The molecule has 1 nitrogen and oxygen atoms in total. The Kier molecular flexibility index (Phi) is 7.92. The van der Waals surface area contributed by atoms with Crippen molar-refractivity contribution in [2.75, 3.05) is 0 Å². The molecule has 0 aliphatic heterocycles. The fourth-order valence-corrected chi connectivity index (χ4v) is 3.38. The third-order valence-electron chi connectivity index (χ3n) is 4.22. The van der Waals surface area contributed by atoms with Gasteiger partial charge in [-0.05, 0) is 54.7 Å². The third kappa shape index (κ3) is 6.03. The molecule has 0 saturated heterocycles. The number of hydrogen-bond donors (Lipinski definition) is 0. The van der Waals surface area contributed by atoms with Crippen molar-refractivity contribution in [1.82, 2.24) is 4.98 Å². The Morgan fingerprint density at radius 2 is 1.85 bits per heavy atom. The van der Waals surface area contributed by atoms with Gasteiger partial charge in [0.15, 0.2) is 11.6 Å². The molecule has 138 valence electrons. The maximum atomic E-state index is 12.8. The average molecular weight is 374 g/mol. The van der Waals surface area contributed by atoms with E-state index in [9.17, 15) is 8.78 Å². The smallest absolute Gasteiger partial charge is 0.159 e. The first-order valence-corrected chi connectivity index (χ1v) is 9.78. The van der Waals surface area contributed by atoms with E-state index in [0.29, 0.717) is 5.92 Å². The highest BCUT2D eigenvalue weighted by Gasteiger charge is 2.05. The van der Waals surface area contributed by atoms with Gasteiger partial charge in [0.25, 0.3) is 0 Å². The Labute approximate surface area is 158 Å². The first-order valence-electron chi connectivity index (χ1n) is 8.96. The zero-order chi connectivity index (χ0) is 18.9. The standard InChI is InChI=1S/C11H14F2.C11H11NS/c1-3-8(2)6-9-4-5-10(12)11(13)7-9;1-2-10-5-6-11(13-10)9-4-3-7-12-8-9/h4-5,7-8H,3,6H2,1-2H3;3-8H,2H2,1H3. The Morgan fingerprint density at radius 3 is 2.42 bits per heavy atom. The summed E-state index contributed by atoms with van der Waals surface area (Å²) in [6.45, 7) is 6.37. The molecule has 3 aromatic rings. The zero-order valence-corrected chi connectivity index (χ0v) is 16.3. The van der Waals surface area contributed by atoms with Crippen LogP contribution >= 0.6 is 11.3 Å². The van der Waals surface area contributed by atoms with Gasteiger partial charge < -0.3 is 0 Å². The lowest BCUT2D eigenvalue weighted by Gasteiger charge is -2.07. The second-order valence-electron chi connectivity index (χ2n) is 6.33. The van der Waals surface area contributed by atoms with Gasteiger partial charge in [-0.2, -0.15) is 0 Å². The highest BCUT2D eigenvalue weighted by Crippen LogP contribution is 2.27. The van der Waals surface area contributed by atoms with E-state index in [1.165, 1.54) is 27.5 Å². The summed E-state index contributed by atoms with van der Waals surface area (Å²) in [7, 11) is 0. The largest absolute Gasteiger partial charge is 0.264 e. The van der Waals surface area contributed by atoms with Crippen LogP contribution in [0.15, 0.2) is 54.9 Å². The molecule has 0 amide bonds. The SMILES string of the molecule is CCC(C)Cc1ccc(F)c(F)c1.CCc1ccc(-c2cccnc2)s1. The highest BCUT2D eigenvalue weighted by molar-refractivity contribution is 7.15. The lowest BCUT2D eigenvalue weighted by atomic mass is 9.99. The highest BCUT2D eigenvalue weighted by atomic mass is 32.1. The van der Waals surface area contributed by atoms with Gasteiger partial charge in [0.05, 0.1) is 0 Å². The van der Waals surface area contributed by atoms with Crippen LogP contribution in [0.1, 0.15) is 37.6 Å². The monoisotopic (exact) mass is 373 g/mol. The number of rotatable bonds is 5. The molecule has 3 rings (SSSR count). The van der Waals surface area contributed by atoms with E-state index in [2.05, 4.69) is 44.0 Å². The quantitative estimate of drug-likeness (QED) is 0.473. The molecule has 0 saturated carbocycles. The molecule has 0 N–H and O–H groups in total. The molecule has 1 unspecified atom stereocenters. The molecule has 0 aliphatic carbocycles. The van der Waals surface area contributed by atoms with Crippen LogP contribution in [-0.2, 0) is 12.8 Å². The maximum absolute atomic E-state index is 12.8. The van der Waals surface area contributed by atoms with Gasteiger partial charge in [-0.25, -0.2) is 8.78 Å². The van der Waals surface area contributed by atoms with E-state index >= 15 is 0 Å². The molecule has 1 aromatic carbocycles. The number of benzene rings is 1. The summed E-state index contributed by atoms with van der Waals surface area (Å²) < 4.78 is 25.3. The van der Waals surface area contributed by atoms with Gasteiger partial charge in [-0.15, -0.1) is 11.3 Å². The second-order valence-corrected chi connectivity index (χ2v) is 7.50. The van der Waals surface area contributed by atoms with E-state index in [1.807, 2.05) is 23.6 Å². The van der Waals surface area contributed by atoms with Crippen LogP contribution < -0.4 is 0 Å². The van der Waals surface area contributed by atoms with Gasteiger partial charge in [0.1, 0.15) is 0 Å². The Balaban J connectivity index is 0.000000187. The number of pyridine rings is 1. The second kappa shape index (κ2) is 10.2. The first kappa shape index (κ1) is 20.2. The Bertz CT molecular complexity index is 799. The summed E-state index contributed by atoms with van der Waals surface area (Å²) >= 11 is 1.85. The van der Waals surface area contributed by atoms with Gasteiger partial charge in [0.2, 0.25) is 0 Å². The lowest BCUT2D eigenvalue weighted by Crippen LogP contribution is -1.98. The topological polar surface area (TPSA) is 12.9 Å². The predicted molar refractivity (Wildman–Crippen MR) is 106 cm³/mol. The fraction of sp³-hybridized carbons (Fsp3) is 0.318. The molecule has 0 fully saturated rings. The van der Waals surface area contributed by atoms with Crippen molar-refractivity contribution < 1.29 is 8.78 Å². The number of thiophene rings is 1. The minimum atomic E-state index is -0.770. The molecule has 0 spiro atoms. The van der Waals surface area contributed by atoms with Crippen molar-refractivity contribution in [2.24, 2.45) is 5.92 Å². The molecule has 0 aliphatic rings. The summed E-state index contributed by atoms with van der Waals surface area (Å²) in [6.07, 6.45) is 6.70. The van der Waals surface area contributed by atoms with Gasteiger partial charge >= 0.3 is 0 Å². The first-order chi connectivity index (χ1) is 12.5. The summed E-state index contributed by atoms with van der Waals surface area (Å²) in [5.74, 6) is -1.00. The fourth-order valence-electron chi connectivity index (χ4n) is 2.44. The predicted octanol–water partition coefficient (Wildman–Crippen LogP) is 6.93. The van der Waals surface area contributed by atoms with E-state index in [1.54, 1.807) is 12.3 Å². The minimum Gasteiger partial charge on any atom is -0.264 e. The summed E-state index contributed by atoms with van der Waals surface area (Å²) in [6, 6.07) is 12.5. The van der Waals surface area contributed by atoms with Crippen LogP contribution in [0, 0.1) is 17.6 Å². The summed E-state index contributed by atoms with van der Waals surface area (Å²) in [5.41, 5.74) is 2.08. The molecule has 2 heterocycles. The van der Waals surface area contributed by atoms with E-state index < -0.39 is 11.6 Å². The van der Waals surface area contributed by atoms with Crippen molar-refractivity contribution in [3.8, 4) is 10.4 Å². The average Bonchev–Trinajstić information content (AvgIpc) is 3.15. The lowest BCUT2D eigenvalue weighted by molar-refractivity contribution is 0.502. The number of nitrogens with zero attached hydrogens (tertiary/aromatic N) is 1. The van der Waals surface area contributed by atoms with Crippen LogP contribution in [0.2, 0.25) is 0 Å². The van der Waals surface area contributed by atoms with Crippen LogP contribution in [0.5, 0.6) is 0 Å². The molecule has 1 atom stereocenters. The molecule has 2 aromatic heterocycles.